The molecule has 33 heavy (non-hydrogen) atoms. The molecule has 13 nitrogen and oxygen atoms in total. The molecule has 4 N–H and O–H groups in total. The third kappa shape index (κ3) is 13.5. The Morgan fingerprint density at radius 1 is 0.576 bits per heavy atom. The summed E-state index contributed by atoms with van der Waals surface area (Å²) >= 11 is 0. The van der Waals surface area contributed by atoms with E-state index in [1.165, 1.54) is 9.80 Å². The smallest absolute Gasteiger partial charge is 0.325 e. The van der Waals surface area contributed by atoms with Crippen molar-refractivity contribution in [2.24, 2.45) is 0 Å². The van der Waals surface area contributed by atoms with E-state index in [4.69, 9.17) is 25.2 Å². The lowest BCUT2D eigenvalue weighted by Gasteiger charge is -2.27. The van der Waals surface area contributed by atoms with Gasteiger partial charge in [0.1, 0.15) is 5.75 Å². The average molecular weight is 469 g/mol. The Bertz CT molecular complexity index is 802. The molecular formula is C20H27N3O10. The number of carboxylic acids is 4. The number of rotatable bonds is 17. The van der Waals surface area contributed by atoms with E-state index in [0.29, 0.717) is 5.75 Å². The highest BCUT2D eigenvalue weighted by molar-refractivity contribution is 5.76. The van der Waals surface area contributed by atoms with Crippen LogP contribution in [0.3, 0.4) is 0 Å². The molecule has 1 rings (SSSR count). The Kier molecular flexibility index (Phi) is 12.1. The van der Waals surface area contributed by atoms with Crippen LogP contribution in [0.2, 0.25) is 0 Å². The first-order valence-electron chi connectivity index (χ1n) is 9.85. The van der Waals surface area contributed by atoms with Crippen molar-refractivity contribution in [2.45, 2.75) is 0 Å². The third-order valence-corrected chi connectivity index (χ3v) is 4.23. The summed E-state index contributed by atoms with van der Waals surface area (Å²) < 4.78 is 5.15. The van der Waals surface area contributed by atoms with E-state index in [1.807, 2.05) is 0 Å². The van der Waals surface area contributed by atoms with Crippen molar-refractivity contribution in [2.75, 3.05) is 58.9 Å². The van der Waals surface area contributed by atoms with Gasteiger partial charge < -0.3 is 25.2 Å². The Morgan fingerprint density at radius 3 is 1.36 bits per heavy atom. The van der Waals surface area contributed by atoms with Gasteiger partial charge in [0.25, 0.3) is 0 Å². The van der Waals surface area contributed by atoms with Crippen LogP contribution < -0.4 is 4.74 Å². The molecule has 0 aliphatic rings. The molecule has 0 unspecified atom stereocenters. The number of para-hydroxylation sites is 1. The summed E-state index contributed by atoms with van der Waals surface area (Å²) in [5.74, 6) is -5.23. The summed E-state index contributed by atoms with van der Waals surface area (Å²) in [6.07, 6.45) is 0. The van der Waals surface area contributed by atoms with Gasteiger partial charge in [-0.05, 0) is 12.1 Å². The molecule has 0 saturated heterocycles. The highest BCUT2D eigenvalue weighted by atomic mass is 16.5. The fourth-order valence-corrected chi connectivity index (χ4v) is 2.86. The van der Waals surface area contributed by atoms with Gasteiger partial charge in [-0.15, -0.1) is 0 Å². The second kappa shape index (κ2) is 14.5. The number of nitrogens with zero attached hydrogens (tertiary/aromatic N) is 3. The molecule has 182 valence electrons. The van der Waals surface area contributed by atoms with Crippen LogP contribution in [0.25, 0.3) is 0 Å². The predicted molar refractivity (Wildman–Crippen MR) is 112 cm³/mol. The maximum Gasteiger partial charge on any atom is 0.325 e. The number of carbonyl (C=O) groups is 5. The SMILES string of the molecule is O=C(O)CN(CCN(CC(=O)O)CC(=O)O)CCN(CC(=O)O)CC(=O)Oc1ccccc1. The molecule has 0 amide bonds. The summed E-state index contributed by atoms with van der Waals surface area (Å²) in [5.41, 5.74) is 0. The van der Waals surface area contributed by atoms with Crippen LogP contribution in [-0.2, 0) is 24.0 Å². The van der Waals surface area contributed by atoms with Crippen LogP contribution in [0.4, 0.5) is 0 Å². The molecule has 1 aromatic carbocycles. The van der Waals surface area contributed by atoms with Crippen molar-refractivity contribution < 1.29 is 49.1 Å². The van der Waals surface area contributed by atoms with Crippen LogP contribution >= 0.6 is 0 Å². The molecule has 0 radical (unpaired) electrons. The number of hydrogen-bond acceptors (Lipinski definition) is 9. The second-order valence-electron chi connectivity index (χ2n) is 7.06. The Balaban J connectivity index is 2.72. The van der Waals surface area contributed by atoms with Crippen molar-refractivity contribution >= 4 is 29.8 Å². The maximum atomic E-state index is 12.2. The van der Waals surface area contributed by atoms with Crippen molar-refractivity contribution in [1.29, 1.82) is 0 Å². The molecule has 0 bridgehead atoms. The average Bonchev–Trinajstić information content (AvgIpc) is 2.68. The van der Waals surface area contributed by atoms with Crippen molar-refractivity contribution in [1.82, 2.24) is 14.7 Å². The fraction of sp³-hybridized carbons (Fsp3) is 0.450. The van der Waals surface area contributed by atoms with E-state index in [-0.39, 0.29) is 32.7 Å². The summed E-state index contributed by atoms with van der Waals surface area (Å²) in [7, 11) is 0. The zero-order valence-electron chi connectivity index (χ0n) is 17.8. The maximum absolute atomic E-state index is 12.2. The predicted octanol–water partition coefficient (Wildman–Crippen LogP) is -1.16. The highest BCUT2D eigenvalue weighted by Crippen LogP contribution is 2.08. The Labute approximate surface area is 189 Å². The zero-order chi connectivity index (χ0) is 24.8. The Hall–Kier alpha value is -3.55. The van der Waals surface area contributed by atoms with Gasteiger partial charge in [-0.2, -0.15) is 0 Å². The standard InChI is InChI=1S/C20H27N3O10/c24-16(25)10-21(6-8-22(11-17(26)27)12-18(28)29)7-9-23(13-19(30)31)14-20(32)33-15-4-2-1-3-5-15/h1-5H,6-14H2,(H,24,25)(H,26,27)(H,28,29)(H,30,31). The second-order valence-corrected chi connectivity index (χ2v) is 7.06. The summed E-state index contributed by atoms with van der Waals surface area (Å²) in [5, 5.41) is 36.1. The van der Waals surface area contributed by atoms with E-state index in [0.717, 1.165) is 4.90 Å². The van der Waals surface area contributed by atoms with Crippen LogP contribution in [0, 0.1) is 0 Å². The number of hydrogen-bond donors (Lipinski definition) is 4. The van der Waals surface area contributed by atoms with Gasteiger partial charge >= 0.3 is 29.8 Å². The summed E-state index contributed by atoms with van der Waals surface area (Å²) in [6.45, 7) is -2.35. The van der Waals surface area contributed by atoms with Gasteiger partial charge in [0.2, 0.25) is 0 Å². The van der Waals surface area contributed by atoms with E-state index in [9.17, 15) is 24.0 Å². The minimum absolute atomic E-state index is 0.00132. The monoisotopic (exact) mass is 469 g/mol. The van der Waals surface area contributed by atoms with E-state index >= 15 is 0 Å². The van der Waals surface area contributed by atoms with Crippen LogP contribution in [0.1, 0.15) is 0 Å². The number of carbonyl (C=O) groups excluding carboxylic acids is 1. The summed E-state index contributed by atoms with van der Waals surface area (Å²) in [4.78, 5) is 60.2. The lowest BCUT2D eigenvalue weighted by Crippen LogP contribution is -2.45. The molecule has 0 fully saturated rings. The highest BCUT2D eigenvalue weighted by Gasteiger charge is 2.20. The largest absolute Gasteiger partial charge is 0.480 e. The van der Waals surface area contributed by atoms with E-state index in [2.05, 4.69) is 0 Å². The fourth-order valence-electron chi connectivity index (χ4n) is 2.86. The van der Waals surface area contributed by atoms with Crippen LogP contribution in [-0.4, -0.2) is 124 Å². The van der Waals surface area contributed by atoms with Gasteiger partial charge in [-0.3, -0.25) is 38.7 Å². The normalized spacial score (nSPS) is 11.0. The molecule has 0 aromatic heterocycles. The van der Waals surface area contributed by atoms with Gasteiger partial charge in [-0.1, -0.05) is 18.2 Å². The molecule has 1 aromatic rings. The zero-order valence-corrected chi connectivity index (χ0v) is 17.8. The van der Waals surface area contributed by atoms with Gasteiger partial charge in [-0.25, -0.2) is 0 Å². The minimum Gasteiger partial charge on any atom is -0.480 e. The first-order chi connectivity index (χ1) is 15.5. The van der Waals surface area contributed by atoms with Crippen LogP contribution in [0.15, 0.2) is 30.3 Å². The molecule has 13 heteroatoms. The van der Waals surface area contributed by atoms with Crippen LogP contribution in [0.5, 0.6) is 5.75 Å². The first-order valence-corrected chi connectivity index (χ1v) is 9.85. The van der Waals surface area contributed by atoms with Crippen molar-refractivity contribution in [3.05, 3.63) is 30.3 Å². The molecule has 0 aliphatic heterocycles. The number of esters is 1. The molecule has 0 spiro atoms. The van der Waals surface area contributed by atoms with Gasteiger partial charge in [0.15, 0.2) is 0 Å². The van der Waals surface area contributed by atoms with Crippen molar-refractivity contribution in [3.8, 4) is 5.75 Å². The molecule has 0 atom stereocenters. The number of ether oxygens (including phenoxy) is 1. The van der Waals surface area contributed by atoms with Gasteiger partial charge in [0.05, 0.1) is 32.7 Å². The van der Waals surface area contributed by atoms with Gasteiger partial charge in [0, 0.05) is 26.2 Å². The van der Waals surface area contributed by atoms with E-state index in [1.54, 1.807) is 30.3 Å². The topological polar surface area (TPSA) is 185 Å². The third-order valence-electron chi connectivity index (χ3n) is 4.23. The number of carboxylic acid groups (broad SMARTS) is 4. The van der Waals surface area contributed by atoms with E-state index < -0.39 is 56.0 Å². The first kappa shape index (κ1) is 27.5. The molecule has 0 aliphatic carbocycles. The number of benzene rings is 1. The number of aliphatic carboxylic acids is 4. The quantitative estimate of drug-likeness (QED) is 0.158. The molecule has 0 saturated carbocycles. The molecule has 0 heterocycles. The van der Waals surface area contributed by atoms with Crippen molar-refractivity contribution in [3.63, 3.8) is 0 Å². The summed E-state index contributed by atoms with van der Waals surface area (Å²) in [6, 6.07) is 8.19. The minimum atomic E-state index is -1.23. The lowest BCUT2D eigenvalue weighted by molar-refractivity contribution is -0.143. The Morgan fingerprint density at radius 2 is 0.939 bits per heavy atom. The molecular weight excluding hydrogens is 442 g/mol. The lowest BCUT2D eigenvalue weighted by atomic mass is 10.3.